The third-order valence-corrected chi connectivity index (χ3v) is 3.92. The minimum Gasteiger partial charge on any atom is -0.264 e. The summed E-state index contributed by atoms with van der Waals surface area (Å²) in [5.41, 5.74) is 5.82. The van der Waals surface area contributed by atoms with E-state index in [-0.39, 0.29) is 0 Å². The normalized spacial score (nSPS) is 11.1. The second kappa shape index (κ2) is 6.47. The summed E-state index contributed by atoms with van der Waals surface area (Å²) in [6, 6.07) is 22.5. The van der Waals surface area contributed by atoms with Crippen LogP contribution in [0.25, 0.3) is 33.4 Å². The molecule has 0 unspecified atom stereocenters. The van der Waals surface area contributed by atoms with Gasteiger partial charge < -0.3 is 0 Å². The Morgan fingerprint density at radius 2 is 1.08 bits per heavy atom. The Balaban J connectivity index is 1.98. The Kier molecular flexibility index (Phi) is 3.56. The Hall–Kier alpha value is -3.26. The van der Waals surface area contributed by atoms with Gasteiger partial charge in [0.25, 0.3) is 0 Å². The number of hydrogen-bond acceptors (Lipinski definition) is 2. The summed E-state index contributed by atoms with van der Waals surface area (Å²) in [5.74, 6) is 0. The van der Waals surface area contributed by atoms with Crippen molar-refractivity contribution in [3.8, 4) is 33.4 Å². The first-order chi connectivity index (χ1) is 12.3. The SMILES string of the molecule is [2H]c1c(-c2ccccc2)cc(-c2cccnc2)cc1-c1cccnc1. The van der Waals surface area contributed by atoms with Gasteiger partial charge in [0.15, 0.2) is 0 Å². The van der Waals surface area contributed by atoms with Gasteiger partial charge >= 0.3 is 0 Å². The summed E-state index contributed by atoms with van der Waals surface area (Å²) in [5, 5.41) is 0. The summed E-state index contributed by atoms with van der Waals surface area (Å²) in [7, 11) is 0. The van der Waals surface area contributed by atoms with Crippen molar-refractivity contribution in [1.82, 2.24) is 9.97 Å². The van der Waals surface area contributed by atoms with E-state index in [9.17, 15) is 0 Å². The summed E-state index contributed by atoms with van der Waals surface area (Å²) in [6.07, 6.45) is 7.16. The van der Waals surface area contributed by atoms with Crippen molar-refractivity contribution in [3.05, 3.63) is 97.6 Å². The average molecular weight is 309 g/mol. The van der Waals surface area contributed by atoms with E-state index in [1.165, 1.54) is 0 Å². The fourth-order valence-electron chi connectivity index (χ4n) is 2.72. The maximum Gasteiger partial charge on any atom is 0.0636 e. The number of rotatable bonds is 3. The van der Waals surface area contributed by atoms with Gasteiger partial charge in [-0.05, 0) is 52.6 Å². The molecule has 0 N–H and O–H groups in total. The van der Waals surface area contributed by atoms with Crippen molar-refractivity contribution in [2.24, 2.45) is 0 Å². The van der Waals surface area contributed by atoms with Crippen molar-refractivity contribution in [2.45, 2.75) is 0 Å². The molecule has 4 aromatic rings. The molecule has 0 spiro atoms. The Labute approximate surface area is 142 Å². The van der Waals surface area contributed by atoms with Gasteiger partial charge in [-0.1, -0.05) is 42.5 Å². The summed E-state index contributed by atoms with van der Waals surface area (Å²) >= 11 is 0. The summed E-state index contributed by atoms with van der Waals surface area (Å²) in [6.45, 7) is 0. The molecule has 0 aliphatic heterocycles. The molecule has 0 radical (unpaired) electrons. The zero-order chi connectivity index (χ0) is 17.1. The molecule has 2 heteroatoms. The Morgan fingerprint density at radius 3 is 1.67 bits per heavy atom. The minimum absolute atomic E-state index is 0.506. The molecule has 0 fully saturated rings. The highest BCUT2D eigenvalue weighted by molar-refractivity contribution is 5.80. The predicted molar refractivity (Wildman–Crippen MR) is 98.3 cm³/mol. The lowest BCUT2D eigenvalue weighted by Gasteiger charge is -2.10. The first kappa shape index (κ1) is 13.2. The van der Waals surface area contributed by atoms with Crippen LogP contribution in [-0.2, 0) is 0 Å². The van der Waals surface area contributed by atoms with E-state index in [1.54, 1.807) is 18.6 Å². The van der Waals surface area contributed by atoms with Gasteiger partial charge in [0, 0.05) is 35.9 Å². The zero-order valence-corrected chi connectivity index (χ0v) is 13.1. The van der Waals surface area contributed by atoms with Gasteiger partial charge in [0.05, 0.1) is 1.37 Å². The van der Waals surface area contributed by atoms with Crippen molar-refractivity contribution in [3.63, 3.8) is 0 Å². The molecule has 4 rings (SSSR count). The van der Waals surface area contributed by atoms with Gasteiger partial charge in [0.2, 0.25) is 0 Å². The maximum atomic E-state index is 8.74. The molecule has 2 aromatic carbocycles. The first-order valence-electron chi connectivity index (χ1n) is 8.34. The van der Waals surface area contributed by atoms with Crippen molar-refractivity contribution < 1.29 is 1.37 Å². The molecule has 2 aromatic heterocycles. The van der Waals surface area contributed by atoms with E-state index in [4.69, 9.17) is 1.37 Å². The Morgan fingerprint density at radius 1 is 0.542 bits per heavy atom. The number of benzene rings is 2. The molecule has 0 aliphatic carbocycles. The lowest BCUT2D eigenvalue weighted by molar-refractivity contribution is 1.32. The lowest BCUT2D eigenvalue weighted by atomic mass is 9.94. The predicted octanol–water partition coefficient (Wildman–Crippen LogP) is 5.48. The third kappa shape index (κ3) is 2.95. The fraction of sp³-hybridized carbons (Fsp3) is 0. The minimum atomic E-state index is 0.506. The molecule has 2 nitrogen and oxygen atoms in total. The molecule has 0 atom stereocenters. The largest absolute Gasteiger partial charge is 0.264 e. The van der Waals surface area contributed by atoms with Crippen molar-refractivity contribution in [1.29, 1.82) is 0 Å². The molecule has 24 heavy (non-hydrogen) atoms. The van der Waals surface area contributed by atoms with Crippen LogP contribution in [0.5, 0.6) is 0 Å². The second-order valence-corrected chi connectivity index (χ2v) is 5.55. The summed E-state index contributed by atoms with van der Waals surface area (Å²) < 4.78 is 8.74. The standard InChI is InChI=1S/C22H16N2/c1-2-6-17(7-3-1)20-12-21(18-8-4-10-23-15-18)14-22(13-20)19-9-5-11-24-16-19/h1-16H/i12D. The van der Waals surface area contributed by atoms with Crippen molar-refractivity contribution in [2.75, 3.05) is 0 Å². The van der Waals surface area contributed by atoms with Gasteiger partial charge in [-0.3, -0.25) is 9.97 Å². The van der Waals surface area contributed by atoms with Gasteiger partial charge in [0.1, 0.15) is 0 Å². The summed E-state index contributed by atoms with van der Waals surface area (Å²) in [4.78, 5) is 8.44. The van der Waals surface area contributed by atoms with Crippen LogP contribution in [0, 0.1) is 0 Å². The Bertz CT molecular complexity index is 924. The van der Waals surface area contributed by atoms with Crippen LogP contribution < -0.4 is 0 Å². The van der Waals surface area contributed by atoms with Gasteiger partial charge in [-0.25, -0.2) is 0 Å². The lowest BCUT2D eigenvalue weighted by Crippen LogP contribution is -1.87. The molecular formula is C22H16N2. The average Bonchev–Trinajstić information content (AvgIpc) is 2.70. The topological polar surface area (TPSA) is 25.8 Å². The molecule has 2 heterocycles. The molecule has 0 aliphatic rings. The highest BCUT2D eigenvalue weighted by atomic mass is 14.6. The molecule has 0 saturated carbocycles. The third-order valence-electron chi connectivity index (χ3n) is 3.92. The smallest absolute Gasteiger partial charge is 0.0636 e. The fourth-order valence-corrected chi connectivity index (χ4v) is 2.72. The van der Waals surface area contributed by atoms with Crippen LogP contribution in [0.15, 0.2) is 97.6 Å². The zero-order valence-electron chi connectivity index (χ0n) is 14.1. The highest BCUT2D eigenvalue weighted by Crippen LogP contribution is 2.32. The molecule has 114 valence electrons. The van der Waals surface area contributed by atoms with Crippen LogP contribution >= 0.6 is 0 Å². The molecule has 0 amide bonds. The van der Waals surface area contributed by atoms with Crippen LogP contribution in [0.1, 0.15) is 1.37 Å². The van der Waals surface area contributed by atoms with E-state index in [1.807, 2.05) is 66.9 Å². The van der Waals surface area contributed by atoms with E-state index < -0.39 is 0 Å². The quantitative estimate of drug-likeness (QED) is 0.501. The number of aromatic nitrogens is 2. The van der Waals surface area contributed by atoms with Crippen LogP contribution in [0.4, 0.5) is 0 Å². The number of nitrogens with zero attached hydrogens (tertiary/aromatic N) is 2. The molecular weight excluding hydrogens is 292 g/mol. The van der Waals surface area contributed by atoms with E-state index >= 15 is 0 Å². The maximum absolute atomic E-state index is 8.74. The molecule has 0 saturated heterocycles. The van der Waals surface area contributed by atoms with E-state index in [0.717, 1.165) is 33.4 Å². The number of pyridine rings is 2. The van der Waals surface area contributed by atoms with Gasteiger partial charge in [-0.2, -0.15) is 0 Å². The van der Waals surface area contributed by atoms with Crippen LogP contribution in [0.3, 0.4) is 0 Å². The van der Waals surface area contributed by atoms with Crippen LogP contribution in [0.2, 0.25) is 0 Å². The number of hydrogen-bond donors (Lipinski definition) is 0. The van der Waals surface area contributed by atoms with E-state index in [0.29, 0.717) is 6.04 Å². The van der Waals surface area contributed by atoms with Crippen LogP contribution in [-0.4, -0.2) is 9.97 Å². The molecule has 0 bridgehead atoms. The van der Waals surface area contributed by atoms with E-state index in [2.05, 4.69) is 16.0 Å². The second-order valence-electron chi connectivity index (χ2n) is 5.55. The first-order valence-corrected chi connectivity index (χ1v) is 7.84. The van der Waals surface area contributed by atoms with Gasteiger partial charge in [-0.15, -0.1) is 0 Å². The highest BCUT2D eigenvalue weighted by Gasteiger charge is 2.07. The van der Waals surface area contributed by atoms with Crippen molar-refractivity contribution >= 4 is 0 Å². The monoisotopic (exact) mass is 309 g/mol.